The number of rotatable bonds is 3. The Morgan fingerprint density at radius 3 is 2.25 bits per heavy atom. The highest BCUT2D eigenvalue weighted by atomic mass is 16.5. The normalized spacial score (nSPS) is 11.2. The van der Waals surface area contributed by atoms with Crippen molar-refractivity contribution in [2.45, 2.75) is 33.1 Å². The third kappa shape index (κ3) is 3.45. The molecule has 24 heavy (non-hydrogen) atoms. The molecule has 0 aliphatic heterocycles. The molecular formula is C19H25N3O2. The van der Waals surface area contributed by atoms with Crippen LogP contribution in [0.2, 0.25) is 0 Å². The second-order valence-corrected chi connectivity index (χ2v) is 6.87. The Balaban J connectivity index is 2.69. The second-order valence-electron chi connectivity index (χ2n) is 6.87. The van der Waals surface area contributed by atoms with Gasteiger partial charge in [-0.25, -0.2) is 4.79 Å². The first-order chi connectivity index (χ1) is 11.1. The smallest absolute Gasteiger partial charge is 0.324 e. The van der Waals surface area contributed by atoms with E-state index >= 15 is 0 Å². The van der Waals surface area contributed by atoms with Crippen LogP contribution >= 0.6 is 0 Å². The highest BCUT2D eigenvalue weighted by Gasteiger charge is 2.24. The van der Waals surface area contributed by atoms with Gasteiger partial charge in [0.1, 0.15) is 5.75 Å². The molecule has 2 aromatic carbocycles. The summed E-state index contributed by atoms with van der Waals surface area (Å²) < 4.78 is 5.44. The van der Waals surface area contributed by atoms with E-state index in [1.165, 1.54) is 4.90 Å². The molecule has 128 valence electrons. The third-order valence-corrected chi connectivity index (χ3v) is 3.93. The van der Waals surface area contributed by atoms with Gasteiger partial charge in [0, 0.05) is 0 Å². The number of hydrogen-bond acceptors (Lipinski definition) is 3. The SMILES string of the molecule is COc1ccc(C(C)(C)C)cc1N(C(N)=O)c1ccc(C)cc1N. The van der Waals surface area contributed by atoms with E-state index in [1.807, 2.05) is 37.3 Å². The lowest BCUT2D eigenvalue weighted by Crippen LogP contribution is -2.32. The lowest BCUT2D eigenvalue weighted by molar-refractivity contribution is 0.256. The number of ether oxygens (including phenoxy) is 1. The van der Waals surface area contributed by atoms with Crippen molar-refractivity contribution in [1.82, 2.24) is 0 Å². The number of urea groups is 1. The first kappa shape index (κ1) is 17.7. The molecule has 0 spiro atoms. The summed E-state index contributed by atoms with van der Waals surface area (Å²) in [6.07, 6.45) is 0. The number of anilines is 3. The molecule has 4 N–H and O–H groups in total. The minimum atomic E-state index is -0.616. The van der Waals surface area contributed by atoms with E-state index in [-0.39, 0.29) is 5.41 Å². The quantitative estimate of drug-likeness (QED) is 0.833. The summed E-state index contributed by atoms with van der Waals surface area (Å²) in [4.78, 5) is 13.6. The Bertz CT molecular complexity index is 764. The molecule has 5 nitrogen and oxygen atoms in total. The van der Waals surface area contributed by atoms with Crippen molar-refractivity contribution in [2.24, 2.45) is 5.73 Å². The molecule has 2 rings (SSSR count). The Morgan fingerprint density at radius 1 is 1.08 bits per heavy atom. The lowest BCUT2D eigenvalue weighted by Gasteiger charge is -2.27. The number of carbonyl (C=O) groups is 1. The summed E-state index contributed by atoms with van der Waals surface area (Å²) >= 11 is 0. The van der Waals surface area contributed by atoms with Gasteiger partial charge in [0.25, 0.3) is 0 Å². The zero-order chi connectivity index (χ0) is 18.1. The number of hydrogen-bond donors (Lipinski definition) is 2. The number of nitrogens with zero attached hydrogens (tertiary/aromatic N) is 1. The van der Waals surface area contributed by atoms with Crippen LogP contribution in [0.3, 0.4) is 0 Å². The fourth-order valence-electron chi connectivity index (χ4n) is 2.58. The van der Waals surface area contributed by atoms with Gasteiger partial charge in [0.15, 0.2) is 0 Å². The largest absolute Gasteiger partial charge is 0.495 e. The Morgan fingerprint density at radius 2 is 1.75 bits per heavy atom. The summed E-state index contributed by atoms with van der Waals surface area (Å²) in [5.74, 6) is 0.557. The fraction of sp³-hybridized carbons (Fsp3) is 0.316. The molecule has 0 radical (unpaired) electrons. The maximum absolute atomic E-state index is 12.2. The van der Waals surface area contributed by atoms with Crippen LogP contribution in [0.25, 0.3) is 0 Å². The molecule has 0 unspecified atom stereocenters. The van der Waals surface area contributed by atoms with Crippen LogP contribution in [-0.2, 0) is 5.41 Å². The van der Waals surface area contributed by atoms with Crippen molar-refractivity contribution in [1.29, 1.82) is 0 Å². The zero-order valence-corrected chi connectivity index (χ0v) is 14.9. The van der Waals surface area contributed by atoms with E-state index in [0.29, 0.717) is 22.8 Å². The minimum absolute atomic E-state index is 0.0802. The van der Waals surface area contributed by atoms with Crippen molar-refractivity contribution >= 4 is 23.1 Å². The van der Waals surface area contributed by atoms with Gasteiger partial charge < -0.3 is 16.2 Å². The van der Waals surface area contributed by atoms with Gasteiger partial charge in [-0.1, -0.05) is 32.9 Å². The van der Waals surface area contributed by atoms with E-state index in [9.17, 15) is 4.79 Å². The van der Waals surface area contributed by atoms with Gasteiger partial charge in [0.05, 0.1) is 24.2 Å². The first-order valence-corrected chi connectivity index (χ1v) is 7.79. The minimum Gasteiger partial charge on any atom is -0.495 e. The molecule has 0 aliphatic carbocycles. The average Bonchev–Trinajstić information content (AvgIpc) is 2.48. The van der Waals surface area contributed by atoms with E-state index in [1.54, 1.807) is 13.2 Å². The fourth-order valence-corrected chi connectivity index (χ4v) is 2.58. The van der Waals surface area contributed by atoms with E-state index in [4.69, 9.17) is 16.2 Å². The average molecular weight is 327 g/mol. The molecule has 0 aliphatic rings. The molecule has 2 amide bonds. The summed E-state index contributed by atoms with van der Waals surface area (Å²) in [6.45, 7) is 8.25. The van der Waals surface area contributed by atoms with Gasteiger partial charge >= 0.3 is 6.03 Å². The summed E-state index contributed by atoms with van der Waals surface area (Å²) in [6, 6.07) is 10.6. The Kier molecular flexibility index (Phi) is 4.73. The summed E-state index contributed by atoms with van der Waals surface area (Å²) in [5, 5.41) is 0. The molecule has 0 saturated carbocycles. The number of amides is 2. The summed E-state index contributed by atoms with van der Waals surface area (Å²) in [7, 11) is 1.56. The van der Waals surface area contributed by atoms with Crippen molar-refractivity contribution in [2.75, 3.05) is 17.7 Å². The maximum Gasteiger partial charge on any atom is 0.324 e. The number of nitrogens with two attached hydrogens (primary N) is 2. The van der Waals surface area contributed by atoms with Crippen LogP contribution < -0.4 is 21.1 Å². The molecule has 0 fully saturated rings. The number of aryl methyl sites for hydroxylation is 1. The number of carbonyl (C=O) groups excluding carboxylic acids is 1. The van der Waals surface area contributed by atoms with Gasteiger partial charge in [-0.05, 0) is 47.7 Å². The zero-order valence-electron chi connectivity index (χ0n) is 14.9. The Labute approximate surface area is 143 Å². The van der Waals surface area contributed by atoms with E-state index in [2.05, 4.69) is 20.8 Å². The van der Waals surface area contributed by atoms with Gasteiger partial charge in [-0.3, -0.25) is 4.90 Å². The highest BCUT2D eigenvalue weighted by Crippen LogP contribution is 2.39. The number of benzene rings is 2. The van der Waals surface area contributed by atoms with Gasteiger partial charge in [0.2, 0.25) is 0 Å². The molecule has 0 saturated heterocycles. The van der Waals surface area contributed by atoms with Gasteiger partial charge in [-0.2, -0.15) is 0 Å². The monoisotopic (exact) mass is 327 g/mol. The third-order valence-electron chi connectivity index (χ3n) is 3.93. The molecular weight excluding hydrogens is 302 g/mol. The second kappa shape index (κ2) is 6.43. The van der Waals surface area contributed by atoms with Crippen molar-refractivity contribution in [3.8, 4) is 5.75 Å². The molecule has 0 bridgehead atoms. The van der Waals surface area contributed by atoms with Crippen LogP contribution in [0.15, 0.2) is 36.4 Å². The molecule has 0 heterocycles. The summed E-state index contributed by atoms with van der Waals surface area (Å²) in [5.41, 5.74) is 15.4. The van der Waals surface area contributed by atoms with Crippen LogP contribution in [0.4, 0.5) is 21.9 Å². The number of primary amides is 1. The van der Waals surface area contributed by atoms with Crippen LogP contribution in [0, 0.1) is 6.92 Å². The number of methoxy groups -OCH3 is 1. The first-order valence-electron chi connectivity index (χ1n) is 7.79. The van der Waals surface area contributed by atoms with Crippen molar-refractivity contribution < 1.29 is 9.53 Å². The standard InChI is InChI=1S/C19H25N3O2/c1-12-6-8-15(14(20)10-12)22(18(21)23)16-11-13(19(2,3)4)7-9-17(16)24-5/h6-11H,20H2,1-5H3,(H2,21,23). The maximum atomic E-state index is 12.2. The highest BCUT2D eigenvalue weighted by molar-refractivity contribution is 6.02. The van der Waals surface area contributed by atoms with Crippen LogP contribution in [0.1, 0.15) is 31.9 Å². The molecule has 0 atom stereocenters. The van der Waals surface area contributed by atoms with Crippen LogP contribution in [-0.4, -0.2) is 13.1 Å². The van der Waals surface area contributed by atoms with Crippen LogP contribution in [0.5, 0.6) is 5.75 Å². The van der Waals surface area contributed by atoms with Crippen molar-refractivity contribution in [3.05, 3.63) is 47.5 Å². The molecule has 2 aromatic rings. The number of nitrogen functional groups attached to an aromatic ring is 1. The predicted molar refractivity (Wildman–Crippen MR) is 99.0 cm³/mol. The van der Waals surface area contributed by atoms with Gasteiger partial charge in [-0.15, -0.1) is 0 Å². The molecule has 5 heteroatoms. The molecule has 0 aromatic heterocycles. The van der Waals surface area contributed by atoms with E-state index in [0.717, 1.165) is 11.1 Å². The lowest BCUT2D eigenvalue weighted by atomic mass is 9.86. The predicted octanol–water partition coefficient (Wildman–Crippen LogP) is 4.10. The van der Waals surface area contributed by atoms with Crippen molar-refractivity contribution in [3.63, 3.8) is 0 Å². The Hall–Kier alpha value is -2.69. The van der Waals surface area contributed by atoms with E-state index < -0.39 is 6.03 Å². The topological polar surface area (TPSA) is 81.6 Å².